The summed E-state index contributed by atoms with van der Waals surface area (Å²) < 4.78 is 0. The van der Waals surface area contributed by atoms with Gasteiger partial charge in [-0.3, -0.25) is 19.2 Å². The molecule has 2 amide bonds. The number of carbonyl (C=O) groups excluding carboxylic acids is 3. The molecule has 0 unspecified atom stereocenters. The summed E-state index contributed by atoms with van der Waals surface area (Å²) in [4.78, 5) is 45.3. The Labute approximate surface area is 127 Å². The highest BCUT2D eigenvalue weighted by Crippen LogP contribution is 1.99. The summed E-state index contributed by atoms with van der Waals surface area (Å²) in [5.41, 5.74) is 0.797. The first kappa shape index (κ1) is 17.4. The van der Waals surface area contributed by atoms with Crippen molar-refractivity contribution in [2.75, 3.05) is 6.54 Å². The van der Waals surface area contributed by atoms with Gasteiger partial charge < -0.3 is 15.7 Å². The van der Waals surface area contributed by atoms with Crippen LogP contribution in [0.3, 0.4) is 0 Å². The second-order valence-electron chi connectivity index (χ2n) is 4.72. The lowest BCUT2D eigenvalue weighted by Crippen LogP contribution is -2.46. The maximum absolute atomic E-state index is 11.8. The predicted molar refractivity (Wildman–Crippen MR) is 78.0 cm³/mol. The molecule has 7 nitrogen and oxygen atoms in total. The molecule has 1 rings (SSSR count). The third-order valence-electron chi connectivity index (χ3n) is 2.83. The van der Waals surface area contributed by atoms with Gasteiger partial charge in [0.15, 0.2) is 0 Å². The summed E-state index contributed by atoms with van der Waals surface area (Å²) in [5.74, 6) is -3.16. The summed E-state index contributed by atoms with van der Waals surface area (Å²) >= 11 is 0. The van der Waals surface area contributed by atoms with Crippen LogP contribution in [0.5, 0.6) is 0 Å². The van der Waals surface area contributed by atoms with Crippen LogP contribution in [-0.2, 0) is 25.6 Å². The highest BCUT2D eigenvalue weighted by molar-refractivity contribution is 6.38. The number of carboxylic acids is 1. The molecule has 0 heterocycles. The molecule has 0 aliphatic heterocycles. The summed E-state index contributed by atoms with van der Waals surface area (Å²) in [6.45, 7) is 1.27. The first-order chi connectivity index (χ1) is 10.4. The number of aliphatic carboxylic acids is 1. The molecule has 7 heteroatoms. The number of benzene rings is 1. The molecule has 0 bridgehead atoms. The van der Waals surface area contributed by atoms with E-state index in [1.54, 1.807) is 24.3 Å². The molecule has 0 aliphatic rings. The Morgan fingerprint density at radius 2 is 1.77 bits per heavy atom. The van der Waals surface area contributed by atoms with E-state index in [4.69, 9.17) is 5.11 Å². The minimum Gasteiger partial charge on any atom is -0.481 e. The fourth-order valence-electron chi connectivity index (χ4n) is 1.71. The van der Waals surface area contributed by atoms with Gasteiger partial charge in [0.05, 0.1) is 18.9 Å². The number of Topliss-reactive ketones (excluding diaryl/α,β-unsaturated/α-hetero) is 1. The zero-order valence-electron chi connectivity index (χ0n) is 12.2. The van der Waals surface area contributed by atoms with Gasteiger partial charge in [0.1, 0.15) is 0 Å². The molecule has 0 aromatic heterocycles. The van der Waals surface area contributed by atoms with E-state index in [0.717, 1.165) is 5.56 Å². The van der Waals surface area contributed by atoms with Crippen molar-refractivity contribution in [1.82, 2.24) is 10.6 Å². The van der Waals surface area contributed by atoms with E-state index in [0.29, 0.717) is 0 Å². The lowest BCUT2D eigenvalue weighted by Gasteiger charge is -2.12. The van der Waals surface area contributed by atoms with Gasteiger partial charge in [0.25, 0.3) is 5.91 Å². The van der Waals surface area contributed by atoms with Crippen LogP contribution in [0.25, 0.3) is 0 Å². The maximum Gasteiger partial charge on any atom is 0.305 e. The van der Waals surface area contributed by atoms with Crippen molar-refractivity contribution in [3.8, 4) is 0 Å². The van der Waals surface area contributed by atoms with Gasteiger partial charge in [-0.05, 0) is 12.5 Å². The predicted octanol–water partition coefficient (Wildman–Crippen LogP) is -0.106. The Bertz CT molecular complexity index is 556. The average Bonchev–Trinajstić information content (AvgIpc) is 2.46. The van der Waals surface area contributed by atoms with E-state index in [1.165, 1.54) is 6.92 Å². The number of hydrogen-bond donors (Lipinski definition) is 3. The van der Waals surface area contributed by atoms with Crippen molar-refractivity contribution in [3.63, 3.8) is 0 Å². The van der Waals surface area contributed by atoms with E-state index in [-0.39, 0.29) is 25.3 Å². The van der Waals surface area contributed by atoms with Gasteiger partial charge in [-0.25, -0.2) is 0 Å². The molecular weight excluding hydrogens is 288 g/mol. The van der Waals surface area contributed by atoms with Gasteiger partial charge in [-0.2, -0.15) is 0 Å². The molecule has 0 aliphatic carbocycles. The monoisotopic (exact) mass is 306 g/mol. The zero-order chi connectivity index (χ0) is 16.5. The third-order valence-corrected chi connectivity index (χ3v) is 2.83. The first-order valence-corrected chi connectivity index (χ1v) is 6.77. The maximum atomic E-state index is 11.8. The van der Waals surface area contributed by atoms with Crippen molar-refractivity contribution in [2.45, 2.75) is 25.8 Å². The minimum atomic E-state index is -1.07. The number of amides is 2. The molecular formula is C15H18N2O5. The van der Waals surface area contributed by atoms with Crippen molar-refractivity contribution in [3.05, 3.63) is 35.9 Å². The molecule has 3 N–H and O–H groups in total. The van der Waals surface area contributed by atoms with Crippen LogP contribution in [0.4, 0.5) is 0 Å². The van der Waals surface area contributed by atoms with Crippen molar-refractivity contribution in [2.24, 2.45) is 0 Å². The molecule has 0 fully saturated rings. The van der Waals surface area contributed by atoms with Gasteiger partial charge >= 0.3 is 5.97 Å². The fourth-order valence-corrected chi connectivity index (χ4v) is 1.71. The Morgan fingerprint density at radius 1 is 1.14 bits per heavy atom. The quantitative estimate of drug-likeness (QED) is 0.580. The molecule has 1 aromatic carbocycles. The number of nitrogens with one attached hydrogen (secondary N) is 2. The van der Waals surface area contributed by atoms with Crippen LogP contribution < -0.4 is 10.6 Å². The summed E-state index contributed by atoms with van der Waals surface area (Å²) in [7, 11) is 0. The second-order valence-corrected chi connectivity index (χ2v) is 4.72. The molecule has 0 saturated heterocycles. The van der Waals surface area contributed by atoms with Crippen LogP contribution in [0.2, 0.25) is 0 Å². The van der Waals surface area contributed by atoms with E-state index >= 15 is 0 Å². The van der Waals surface area contributed by atoms with E-state index in [9.17, 15) is 19.2 Å². The van der Waals surface area contributed by atoms with E-state index in [2.05, 4.69) is 10.6 Å². The Balaban J connectivity index is 2.41. The van der Waals surface area contributed by atoms with Crippen molar-refractivity contribution >= 4 is 23.6 Å². The van der Waals surface area contributed by atoms with E-state index < -0.39 is 23.7 Å². The summed E-state index contributed by atoms with van der Waals surface area (Å²) in [6.07, 6.45) is -0.160. The zero-order valence-corrected chi connectivity index (χ0v) is 12.2. The number of rotatable bonds is 8. The molecule has 118 valence electrons. The highest BCUT2D eigenvalue weighted by atomic mass is 16.4. The second kappa shape index (κ2) is 8.56. The van der Waals surface area contributed by atoms with E-state index in [1.807, 2.05) is 6.07 Å². The van der Waals surface area contributed by atoms with Gasteiger partial charge in [-0.15, -0.1) is 0 Å². The molecule has 0 spiro atoms. The number of carboxylic acid groups (broad SMARTS) is 1. The Hall–Kier alpha value is -2.70. The summed E-state index contributed by atoms with van der Waals surface area (Å²) in [5, 5.41) is 13.1. The van der Waals surface area contributed by atoms with Gasteiger partial charge in [-0.1, -0.05) is 30.3 Å². The third kappa shape index (κ3) is 6.17. The average molecular weight is 306 g/mol. The lowest BCUT2D eigenvalue weighted by atomic mass is 10.1. The standard InChI is InChI=1S/C15H18N2O5/c1-10(14(21)15(22)16-8-7-13(19)20)17-12(18)9-11-5-3-2-4-6-11/h2-6,10H,7-9H2,1H3,(H,16,22)(H,17,18)(H,19,20)/t10-/m0/s1. The van der Waals surface area contributed by atoms with Gasteiger partial charge in [0.2, 0.25) is 11.7 Å². The minimum absolute atomic E-state index is 0.110. The molecule has 0 radical (unpaired) electrons. The fraction of sp³-hybridized carbons (Fsp3) is 0.333. The molecule has 0 saturated carbocycles. The normalized spacial score (nSPS) is 11.3. The first-order valence-electron chi connectivity index (χ1n) is 6.77. The van der Waals surface area contributed by atoms with Crippen LogP contribution in [-0.4, -0.2) is 41.3 Å². The Kier molecular flexibility index (Phi) is 6.75. The lowest BCUT2D eigenvalue weighted by molar-refractivity contribution is -0.140. The molecule has 1 atom stereocenters. The van der Waals surface area contributed by atoms with Gasteiger partial charge in [0, 0.05) is 6.54 Å². The van der Waals surface area contributed by atoms with Crippen LogP contribution in [0.1, 0.15) is 18.9 Å². The van der Waals surface area contributed by atoms with Crippen LogP contribution in [0.15, 0.2) is 30.3 Å². The number of hydrogen-bond acceptors (Lipinski definition) is 4. The molecule has 1 aromatic rings. The number of ketones is 1. The number of carbonyl (C=O) groups is 4. The highest BCUT2D eigenvalue weighted by Gasteiger charge is 2.22. The summed E-state index contributed by atoms with van der Waals surface area (Å²) in [6, 6.07) is 8.02. The topological polar surface area (TPSA) is 113 Å². The van der Waals surface area contributed by atoms with Crippen LogP contribution in [0, 0.1) is 0 Å². The largest absolute Gasteiger partial charge is 0.481 e. The smallest absolute Gasteiger partial charge is 0.305 e. The van der Waals surface area contributed by atoms with Crippen molar-refractivity contribution < 1.29 is 24.3 Å². The van der Waals surface area contributed by atoms with Crippen molar-refractivity contribution in [1.29, 1.82) is 0 Å². The SMILES string of the molecule is C[C@H](NC(=O)Cc1ccccc1)C(=O)C(=O)NCCC(=O)O. The van der Waals surface area contributed by atoms with Crippen LogP contribution >= 0.6 is 0 Å². The molecule has 22 heavy (non-hydrogen) atoms. The Morgan fingerprint density at radius 3 is 2.36 bits per heavy atom.